The Morgan fingerprint density at radius 1 is 1.07 bits per heavy atom. The molecule has 30 heavy (non-hydrogen) atoms. The number of fused-ring (bicyclic) bond motifs is 1. The van der Waals surface area contributed by atoms with Gasteiger partial charge in [-0.3, -0.25) is 9.98 Å². The van der Waals surface area contributed by atoms with E-state index in [9.17, 15) is 0 Å². The van der Waals surface area contributed by atoms with Crippen LogP contribution >= 0.6 is 24.0 Å². The number of hydrogen-bond acceptors (Lipinski definition) is 4. The number of ether oxygens (including phenoxy) is 2. The second kappa shape index (κ2) is 11.6. The van der Waals surface area contributed by atoms with Crippen molar-refractivity contribution >= 4 is 40.8 Å². The van der Waals surface area contributed by atoms with Gasteiger partial charge in [-0.25, -0.2) is 0 Å². The van der Waals surface area contributed by atoms with Crippen molar-refractivity contribution in [3.05, 3.63) is 65.9 Å². The third kappa shape index (κ3) is 5.75. The third-order valence-corrected chi connectivity index (χ3v) is 4.91. The second-order valence-electron chi connectivity index (χ2n) is 6.75. The van der Waals surface area contributed by atoms with Crippen LogP contribution in [-0.2, 0) is 13.0 Å². The van der Waals surface area contributed by atoms with E-state index in [4.69, 9.17) is 9.47 Å². The van der Waals surface area contributed by atoms with Crippen LogP contribution in [0.2, 0.25) is 0 Å². The highest BCUT2D eigenvalue weighted by atomic mass is 127. The zero-order valence-corrected chi connectivity index (χ0v) is 20.2. The Morgan fingerprint density at radius 2 is 1.83 bits per heavy atom. The summed E-state index contributed by atoms with van der Waals surface area (Å²) in [6, 6.07) is 16.3. The van der Waals surface area contributed by atoms with Crippen molar-refractivity contribution in [3.8, 4) is 11.5 Å². The van der Waals surface area contributed by atoms with Crippen molar-refractivity contribution < 1.29 is 9.47 Å². The molecule has 3 rings (SSSR count). The molecule has 0 aliphatic rings. The first kappa shape index (κ1) is 23.7. The summed E-state index contributed by atoms with van der Waals surface area (Å²) >= 11 is 0. The molecule has 0 fully saturated rings. The molecule has 0 atom stereocenters. The van der Waals surface area contributed by atoms with Gasteiger partial charge in [0, 0.05) is 38.8 Å². The first-order valence-electron chi connectivity index (χ1n) is 9.61. The number of nitrogens with one attached hydrogen (secondary N) is 1. The molecule has 0 unspecified atom stereocenters. The molecule has 0 aliphatic heterocycles. The van der Waals surface area contributed by atoms with Gasteiger partial charge >= 0.3 is 0 Å². The maximum absolute atomic E-state index is 5.39. The Kier molecular flexibility index (Phi) is 9.16. The van der Waals surface area contributed by atoms with Gasteiger partial charge in [0.25, 0.3) is 0 Å². The van der Waals surface area contributed by atoms with Crippen molar-refractivity contribution in [1.29, 1.82) is 0 Å². The Labute approximate surface area is 195 Å². The molecule has 3 aromatic rings. The zero-order chi connectivity index (χ0) is 20.6. The Bertz CT molecular complexity index is 989. The van der Waals surface area contributed by atoms with Gasteiger partial charge < -0.3 is 19.7 Å². The van der Waals surface area contributed by atoms with Gasteiger partial charge in [0.1, 0.15) is 0 Å². The minimum atomic E-state index is 0. The molecular formula is C23H29IN4O2. The largest absolute Gasteiger partial charge is 0.493 e. The quantitative estimate of drug-likeness (QED) is 0.289. The predicted molar refractivity (Wildman–Crippen MR) is 133 cm³/mol. The van der Waals surface area contributed by atoms with Gasteiger partial charge in [-0.15, -0.1) is 24.0 Å². The van der Waals surface area contributed by atoms with Crippen LogP contribution in [0, 0.1) is 0 Å². The summed E-state index contributed by atoms with van der Waals surface area (Å²) in [5, 5.41) is 4.59. The number of aromatic nitrogens is 1. The number of nitrogens with zero attached hydrogens (tertiary/aromatic N) is 3. The van der Waals surface area contributed by atoms with Crippen LogP contribution in [-0.4, -0.2) is 50.7 Å². The number of hydrogen-bond donors (Lipinski definition) is 1. The van der Waals surface area contributed by atoms with Gasteiger partial charge in [-0.1, -0.05) is 30.3 Å². The lowest BCUT2D eigenvalue weighted by molar-refractivity contribution is 0.354. The van der Waals surface area contributed by atoms with E-state index < -0.39 is 0 Å². The van der Waals surface area contributed by atoms with Crippen LogP contribution in [0.1, 0.15) is 11.1 Å². The molecule has 2 aromatic carbocycles. The number of guanidine groups is 1. The van der Waals surface area contributed by atoms with E-state index in [0.29, 0.717) is 6.54 Å². The maximum atomic E-state index is 5.39. The third-order valence-electron chi connectivity index (χ3n) is 4.91. The van der Waals surface area contributed by atoms with E-state index in [2.05, 4.69) is 50.5 Å². The van der Waals surface area contributed by atoms with Gasteiger partial charge in [-0.2, -0.15) is 0 Å². The smallest absolute Gasteiger partial charge is 0.193 e. The van der Waals surface area contributed by atoms with E-state index >= 15 is 0 Å². The van der Waals surface area contributed by atoms with Gasteiger partial charge in [0.15, 0.2) is 17.5 Å². The van der Waals surface area contributed by atoms with E-state index in [-0.39, 0.29) is 24.0 Å². The minimum Gasteiger partial charge on any atom is -0.493 e. The molecule has 0 spiro atoms. The fourth-order valence-corrected chi connectivity index (χ4v) is 3.31. The highest BCUT2D eigenvalue weighted by molar-refractivity contribution is 14.0. The van der Waals surface area contributed by atoms with Crippen molar-refractivity contribution in [2.45, 2.75) is 13.0 Å². The molecule has 7 heteroatoms. The minimum absolute atomic E-state index is 0. The number of methoxy groups -OCH3 is 2. The highest BCUT2D eigenvalue weighted by Gasteiger charge is 2.09. The van der Waals surface area contributed by atoms with Crippen LogP contribution < -0.4 is 14.8 Å². The monoisotopic (exact) mass is 520 g/mol. The molecule has 1 N–H and O–H groups in total. The lowest BCUT2D eigenvalue weighted by Crippen LogP contribution is -2.39. The fourth-order valence-electron chi connectivity index (χ4n) is 3.31. The number of likely N-dealkylation sites (N-methyl/N-ethyl adjacent to an activating group) is 1. The van der Waals surface area contributed by atoms with Crippen molar-refractivity contribution in [3.63, 3.8) is 0 Å². The Morgan fingerprint density at radius 3 is 2.57 bits per heavy atom. The number of pyridine rings is 1. The first-order chi connectivity index (χ1) is 14.2. The summed E-state index contributed by atoms with van der Waals surface area (Å²) in [6.45, 7) is 1.49. The SMILES string of the molecule is CN=C(NCc1cccc2cccnc12)N(C)CCc1ccc(OC)c(OC)c1.I. The van der Waals surface area contributed by atoms with Crippen LogP contribution in [0.15, 0.2) is 59.7 Å². The molecule has 0 saturated carbocycles. The summed E-state index contributed by atoms with van der Waals surface area (Å²) in [7, 11) is 7.14. The van der Waals surface area contributed by atoms with E-state index in [0.717, 1.165) is 46.9 Å². The molecule has 0 saturated heterocycles. The van der Waals surface area contributed by atoms with Gasteiger partial charge in [0.05, 0.1) is 19.7 Å². The van der Waals surface area contributed by atoms with Crippen LogP contribution in [0.25, 0.3) is 10.9 Å². The maximum Gasteiger partial charge on any atom is 0.193 e. The van der Waals surface area contributed by atoms with Crippen molar-refractivity contribution in [1.82, 2.24) is 15.2 Å². The van der Waals surface area contributed by atoms with Gasteiger partial charge in [-0.05, 0) is 35.7 Å². The number of para-hydroxylation sites is 1. The number of halogens is 1. The lowest BCUT2D eigenvalue weighted by atomic mass is 10.1. The molecule has 160 valence electrons. The van der Waals surface area contributed by atoms with Crippen LogP contribution in [0.3, 0.4) is 0 Å². The zero-order valence-electron chi connectivity index (χ0n) is 17.9. The molecule has 0 bridgehead atoms. The molecule has 0 aliphatic carbocycles. The average Bonchev–Trinajstić information content (AvgIpc) is 2.77. The predicted octanol–water partition coefficient (Wildman–Crippen LogP) is 4.12. The van der Waals surface area contributed by atoms with Crippen LogP contribution in [0.5, 0.6) is 11.5 Å². The Hall–Kier alpha value is -2.55. The van der Waals surface area contributed by atoms with Gasteiger partial charge in [0.2, 0.25) is 0 Å². The van der Waals surface area contributed by atoms with E-state index in [1.807, 2.05) is 31.4 Å². The number of benzene rings is 2. The fraction of sp³-hybridized carbons (Fsp3) is 0.304. The summed E-state index contributed by atoms with van der Waals surface area (Å²) in [5.41, 5.74) is 3.35. The first-order valence-corrected chi connectivity index (χ1v) is 9.61. The lowest BCUT2D eigenvalue weighted by Gasteiger charge is -2.22. The standard InChI is InChI=1S/C23H28N4O2.HI/c1-24-23(26-16-19-8-5-7-18-9-6-13-25-22(18)19)27(2)14-12-17-10-11-20(28-3)21(15-17)29-4;/h5-11,13,15H,12,14,16H2,1-4H3,(H,24,26);1H. The molecule has 1 aromatic heterocycles. The van der Waals surface area contributed by atoms with Crippen molar-refractivity contribution in [2.24, 2.45) is 4.99 Å². The van der Waals surface area contributed by atoms with E-state index in [1.165, 1.54) is 5.56 Å². The summed E-state index contributed by atoms with van der Waals surface area (Å²) in [5.74, 6) is 2.34. The molecule has 6 nitrogen and oxygen atoms in total. The van der Waals surface area contributed by atoms with Crippen molar-refractivity contribution in [2.75, 3.05) is 34.9 Å². The average molecular weight is 520 g/mol. The topological polar surface area (TPSA) is 59.0 Å². The molecule has 0 radical (unpaired) electrons. The summed E-state index contributed by atoms with van der Waals surface area (Å²) < 4.78 is 10.7. The molecule has 1 heterocycles. The highest BCUT2D eigenvalue weighted by Crippen LogP contribution is 2.27. The summed E-state index contributed by atoms with van der Waals surface area (Å²) in [6.07, 6.45) is 2.70. The number of rotatable bonds is 7. The second-order valence-corrected chi connectivity index (χ2v) is 6.75. The number of aliphatic imine (C=N–C) groups is 1. The molecular weight excluding hydrogens is 491 g/mol. The van der Waals surface area contributed by atoms with E-state index in [1.54, 1.807) is 21.3 Å². The Balaban J connectivity index is 0.00000320. The summed E-state index contributed by atoms with van der Waals surface area (Å²) in [4.78, 5) is 11.1. The normalized spacial score (nSPS) is 11.0. The molecule has 0 amide bonds. The van der Waals surface area contributed by atoms with Crippen LogP contribution in [0.4, 0.5) is 0 Å².